The van der Waals surface area contributed by atoms with Crippen LogP contribution in [-0.2, 0) is 22.4 Å². The maximum absolute atomic E-state index is 12.7. The highest BCUT2D eigenvalue weighted by Crippen LogP contribution is 2.32. The number of thiazole rings is 1. The summed E-state index contributed by atoms with van der Waals surface area (Å²) in [4.78, 5) is 20.5. The summed E-state index contributed by atoms with van der Waals surface area (Å²) in [6.45, 7) is 6.42. The average Bonchev–Trinajstić information content (AvgIpc) is 2.97. The Bertz CT molecular complexity index is 520. The number of anilines is 1. The molecule has 23 heavy (non-hydrogen) atoms. The van der Waals surface area contributed by atoms with E-state index in [1.165, 1.54) is 23.4 Å². The number of aryl methyl sites for hydroxylation is 2. The number of hydrogen-bond donors (Lipinski definition) is 1. The summed E-state index contributed by atoms with van der Waals surface area (Å²) in [5.74, 6) is 0.0917. The Hall–Kier alpha value is -0.950. The molecule has 1 unspecified atom stereocenters. The molecular weight excluding hydrogens is 334 g/mol. The normalized spacial score (nSPS) is 20.3. The van der Waals surface area contributed by atoms with Gasteiger partial charge in [-0.25, -0.2) is 4.98 Å². The van der Waals surface area contributed by atoms with Gasteiger partial charge in [-0.15, -0.1) is 30.3 Å². The number of nitrogens with zero attached hydrogens (tertiary/aromatic N) is 2. The van der Waals surface area contributed by atoms with E-state index in [0.717, 1.165) is 31.1 Å². The topological polar surface area (TPSA) is 54.5 Å². The minimum atomic E-state index is 0. The summed E-state index contributed by atoms with van der Waals surface area (Å²) in [5.41, 5.74) is 1.19. The van der Waals surface area contributed by atoms with Crippen LogP contribution in [-0.4, -0.2) is 43.2 Å². The molecule has 0 saturated carbocycles. The van der Waals surface area contributed by atoms with Gasteiger partial charge in [-0.3, -0.25) is 9.69 Å². The third-order valence-electron chi connectivity index (χ3n) is 4.10. The lowest BCUT2D eigenvalue weighted by molar-refractivity contribution is -0.119. The number of hydrogen-bond acceptors (Lipinski definition) is 5. The molecular formula is C16H24ClN3O2S. The van der Waals surface area contributed by atoms with E-state index in [0.29, 0.717) is 19.6 Å². The molecule has 1 fully saturated rings. The van der Waals surface area contributed by atoms with Crippen LogP contribution in [0.5, 0.6) is 0 Å². The van der Waals surface area contributed by atoms with Gasteiger partial charge >= 0.3 is 0 Å². The van der Waals surface area contributed by atoms with Crippen molar-refractivity contribution in [1.82, 2.24) is 10.3 Å². The van der Waals surface area contributed by atoms with Crippen LogP contribution in [0, 0.1) is 0 Å². The van der Waals surface area contributed by atoms with Crippen LogP contribution in [0.1, 0.15) is 29.8 Å². The Labute approximate surface area is 147 Å². The van der Waals surface area contributed by atoms with Crippen LogP contribution in [0.2, 0.25) is 0 Å². The number of carbonyl (C=O) groups excluding carboxylic acids is 1. The molecule has 0 bridgehead atoms. The highest BCUT2D eigenvalue weighted by Gasteiger charge is 2.25. The molecule has 2 aliphatic rings. The fraction of sp³-hybridized carbons (Fsp3) is 0.625. The van der Waals surface area contributed by atoms with Crippen molar-refractivity contribution in [2.75, 3.05) is 31.2 Å². The predicted molar refractivity (Wildman–Crippen MR) is 95.8 cm³/mol. The molecule has 3 rings (SSSR count). The number of aromatic nitrogens is 1. The van der Waals surface area contributed by atoms with Crippen molar-refractivity contribution in [3.8, 4) is 0 Å². The number of amides is 1. The molecule has 0 radical (unpaired) electrons. The summed E-state index contributed by atoms with van der Waals surface area (Å²) >= 11 is 1.67. The maximum Gasteiger partial charge on any atom is 0.230 e. The molecule has 1 aromatic rings. The van der Waals surface area contributed by atoms with Crippen molar-refractivity contribution in [2.45, 2.75) is 38.1 Å². The highest BCUT2D eigenvalue weighted by molar-refractivity contribution is 7.16. The zero-order valence-electron chi connectivity index (χ0n) is 13.3. The molecule has 1 aliphatic carbocycles. The smallest absolute Gasteiger partial charge is 0.230 e. The minimum Gasteiger partial charge on any atom is -0.378 e. The first-order valence-electron chi connectivity index (χ1n) is 7.99. The first kappa shape index (κ1) is 18.4. The molecule has 1 aliphatic heterocycles. The van der Waals surface area contributed by atoms with Gasteiger partial charge in [-0.1, -0.05) is 6.08 Å². The summed E-state index contributed by atoms with van der Waals surface area (Å²) in [5, 5.41) is 4.16. The second-order valence-electron chi connectivity index (χ2n) is 5.80. The van der Waals surface area contributed by atoms with E-state index in [2.05, 4.69) is 11.9 Å². The molecule has 7 heteroatoms. The van der Waals surface area contributed by atoms with Gasteiger partial charge in [-0.05, 0) is 25.7 Å². The molecule has 1 amide bonds. The number of fused-ring (bicyclic) bond motifs is 1. The number of rotatable bonds is 5. The van der Waals surface area contributed by atoms with E-state index >= 15 is 0 Å². The molecule has 1 saturated heterocycles. The zero-order valence-corrected chi connectivity index (χ0v) is 14.9. The highest BCUT2D eigenvalue weighted by atomic mass is 35.5. The predicted octanol–water partition coefficient (Wildman–Crippen LogP) is 2.34. The van der Waals surface area contributed by atoms with Crippen molar-refractivity contribution in [3.05, 3.63) is 23.2 Å². The fourth-order valence-electron chi connectivity index (χ4n) is 2.94. The van der Waals surface area contributed by atoms with Crippen molar-refractivity contribution in [2.24, 2.45) is 0 Å². The Morgan fingerprint density at radius 3 is 3.00 bits per heavy atom. The van der Waals surface area contributed by atoms with E-state index in [1.807, 2.05) is 0 Å². The third-order valence-corrected chi connectivity index (χ3v) is 5.28. The van der Waals surface area contributed by atoms with Crippen LogP contribution in [0.3, 0.4) is 0 Å². The van der Waals surface area contributed by atoms with Crippen LogP contribution >= 0.6 is 23.7 Å². The first-order valence-corrected chi connectivity index (χ1v) is 8.80. The lowest BCUT2D eigenvalue weighted by Crippen LogP contribution is -2.45. The van der Waals surface area contributed by atoms with Crippen LogP contribution in [0.4, 0.5) is 5.13 Å². The van der Waals surface area contributed by atoms with Crippen molar-refractivity contribution < 1.29 is 9.53 Å². The second-order valence-corrected chi connectivity index (χ2v) is 6.86. The van der Waals surface area contributed by atoms with Crippen molar-refractivity contribution >= 4 is 34.8 Å². The van der Waals surface area contributed by atoms with E-state index in [-0.39, 0.29) is 24.4 Å². The monoisotopic (exact) mass is 357 g/mol. The quantitative estimate of drug-likeness (QED) is 0.822. The van der Waals surface area contributed by atoms with Gasteiger partial charge in [0.1, 0.15) is 0 Å². The number of nitrogens with one attached hydrogen (secondary N) is 1. The first-order chi connectivity index (χ1) is 10.8. The van der Waals surface area contributed by atoms with Crippen molar-refractivity contribution in [1.29, 1.82) is 0 Å². The van der Waals surface area contributed by atoms with E-state index in [4.69, 9.17) is 9.72 Å². The van der Waals surface area contributed by atoms with Gasteiger partial charge in [0, 0.05) is 30.4 Å². The molecule has 2 heterocycles. The standard InChI is InChI=1S/C16H23N3O2S.ClH/c1-2-8-19(15(20)10-12-11-21-9-7-17-12)16-18-13-5-3-4-6-14(13)22-16;/h2,12,17H,1,3-11H2;1H. The Kier molecular flexibility index (Phi) is 7.02. The molecule has 0 spiro atoms. The Morgan fingerprint density at radius 2 is 2.30 bits per heavy atom. The molecule has 5 nitrogen and oxygen atoms in total. The Balaban J connectivity index is 0.00000192. The fourth-order valence-corrected chi connectivity index (χ4v) is 4.12. The number of ether oxygens (including phenoxy) is 1. The van der Waals surface area contributed by atoms with E-state index < -0.39 is 0 Å². The molecule has 1 atom stereocenters. The number of carbonyl (C=O) groups is 1. The van der Waals surface area contributed by atoms with Gasteiger partial charge in [0.2, 0.25) is 5.91 Å². The average molecular weight is 358 g/mol. The zero-order chi connectivity index (χ0) is 15.4. The third kappa shape index (κ3) is 4.53. The summed E-state index contributed by atoms with van der Waals surface area (Å²) in [6.07, 6.45) is 6.78. The van der Waals surface area contributed by atoms with E-state index in [9.17, 15) is 4.79 Å². The summed E-state index contributed by atoms with van der Waals surface area (Å²) in [6, 6.07) is 0.100. The van der Waals surface area contributed by atoms with Crippen LogP contribution in [0.15, 0.2) is 12.7 Å². The SMILES string of the molecule is C=CCN(C(=O)CC1COCCN1)c1nc2c(s1)CCCC2.Cl. The number of halogens is 1. The lowest BCUT2D eigenvalue weighted by Gasteiger charge is -2.26. The summed E-state index contributed by atoms with van der Waals surface area (Å²) in [7, 11) is 0. The maximum atomic E-state index is 12.7. The largest absolute Gasteiger partial charge is 0.378 e. The van der Waals surface area contributed by atoms with Crippen molar-refractivity contribution in [3.63, 3.8) is 0 Å². The lowest BCUT2D eigenvalue weighted by atomic mass is 10.0. The molecule has 128 valence electrons. The Morgan fingerprint density at radius 1 is 1.48 bits per heavy atom. The number of morpholine rings is 1. The van der Waals surface area contributed by atoms with Crippen LogP contribution < -0.4 is 10.2 Å². The minimum absolute atomic E-state index is 0. The molecule has 0 aromatic carbocycles. The van der Waals surface area contributed by atoms with Gasteiger partial charge < -0.3 is 10.1 Å². The van der Waals surface area contributed by atoms with Gasteiger partial charge in [0.05, 0.1) is 18.9 Å². The van der Waals surface area contributed by atoms with Gasteiger partial charge in [0.15, 0.2) is 5.13 Å². The molecule has 1 aromatic heterocycles. The van der Waals surface area contributed by atoms with Crippen LogP contribution in [0.25, 0.3) is 0 Å². The summed E-state index contributed by atoms with van der Waals surface area (Å²) < 4.78 is 5.43. The van der Waals surface area contributed by atoms with E-state index in [1.54, 1.807) is 22.3 Å². The molecule has 1 N–H and O–H groups in total. The van der Waals surface area contributed by atoms with Gasteiger partial charge in [0.25, 0.3) is 0 Å². The van der Waals surface area contributed by atoms with Gasteiger partial charge in [-0.2, -0.15) is 0 Å². The second kappa shape index (κ2) is 8.78.